The van der Waals surface area contributed by atoms with E-state index in [2.05, 4.69) is 10.6 Å². The maximum Gasteiger partial charge on any atom is 0.330 e. The fourth-order valence-electron chi connectivity index (χ4n) is 3.18. The van der Waals surface area contributed by atoms with Crippen LogP contribution in [0, 0.1) is 5.82 Å². The van der Waals surface area contributed by atoms with Gasteiger partial charge in [0.1, 0.15) is 11.9 Å². The monoisotopic (exact) mass is 438 g/mol. The molecule has 0 saturated heterocycles. The van der Waals surface area contributed by atoms with Gasteiger partial charge in [0.05, 0.1) is 6.54 Å². The highest BCUT2D eigenvalue weighted by atomic mass is 19.1. The summed E-state index contributed by atoms with van der Waals surface area (Å²) in [4.78, 5) is 49.5. The Morgan fingerprint density at radius 3 is 2.38 bits per heavy atom. The third-order valence-corrected chi connectivity index (χ3v) is 5.06. The Kier molecular flexibility index (Phi) is 6.99. The first-order valence-electron chi connectivity index (χ1n) is 9.90. The van der Waals surface area contributed by atoms with Crippen LogP contribution in [0.5, 0.6) is 0 Å². The smallest absolute Gasteiger partial charge is 0.330 e. The molecule has 0 fully saturated rings. The molecule has 0 spiro atoms. The topological polar surface area (TPSA) is 102 Å². The van der Waals surface area contributed by atoms with Crippen molar-refractivity contribution in [1.29, 1.82) is 0 Å². The van der Waals surface area contributed by atoms with Crippen molar-refractivity contribution in [2.75, 3.05) is 0 Å². The lowest BCUT2D eigenvalue weighted by molar-refractivity contribution is -0.123. The summed E-state index contributed by atoms with van der Waals surface area (Å²) in [5.41, 5.74) is 0.221. The highest BCUT2D eigenvalue weighted by Crippen LogP contribution is 2.07. The van der Waals surface area contributed by atoms with Gasteiger partial charge in [0.2, 0.25) is 5.91 Å². The Morgan fingerprint density at radius 1 is 0.969 bits per heavy atom. The van der Waals surface area contributed by atoms with E-state index in [-0.39, 0.29) is 18.5 Å². The fourth-order valence-corrected chi connectivity index (χ4v) is 3.18. The van der Waals surface area contributed by atoms with E-state index >= 15 is 0 Å². The van der Waals surface area contributed by atoms with Crippen molar-refractivity contribution in [2.24, 2.45) is 14.1 Å². The Labute approximate surface area is 183 Å². The maximum atomic E-state index is 13.5. The van der Waals surface area contributed by atoms with Crippen molar-refractivity contribution in [2.45, 2.75) is 19.0 Å². The molecule has 0 saturated carbocycles. The number of halogens is 1. The third-order valence-electron chi connectivity index (χ3n) is 5.06. The zero-order valence-electron chi connectivity index (χ0n) is 17.7. The van der Waals surface area contributed by atoms with E-state index in [4.69, 9.17) is 0 Å². The average molecular weight is 438 g/mol. The van der Waals surface area contributed by atoms with Gasteiger partial charge in [-0.3, -0.25) is 23.5 Å². The molecule has 0 aliphatic rings. The second-order valence-electron chi connectivity index (χ2n) is 7.32. The summed E-state index contributed by atoms with van der Waals surface area (Å²) in [5.74, 6) is -1.67. The number of carbonyl (C=O) groups is 2. The van der Waals surface area contributed by atoms with Crippen LogP contribution in [0.3, 0.4) is 0 Å². The van der Waals surface area contributed by atoms with E-state index in [1.54, 1.807) is 0 Å². The number of nitrogens with zero attached hydrogens (tertiary/aromatic N) is 2. The molecule has 0 aliphatic heterocycles. The second kappa shape index (κ2) is 9.86. The number of aromatic nitrogens is 2. The van der Waals surface area contributed by atoms with Crippen LogP contribution in [-0.4, -0.2) is 27.0 Å². The highest BCUT2D eigenvalue weighted by Gasteiger charge is 2.22. The van der Waals surface area contributed by atoms with Gasteiger partial charge in [-0.05, 0) is 23.8 Å². The number of benzene rings is 2. The summed E-state index contributed by atoms with van der Waals surface area (Å²) in [6.45, 7) is -0.0816. The lowest BCUT2D eigenvalue weighted by Crippen LogP contribution is -2.48. The Hall–Kier alpha value is -4.01. The van der Waals surface area contributed by atoms with Gasteiger partial charge in [0.25, 0.3) is 11.5 Å². The van der Waals surface area contributed by atoms with Crippen LogP contribution in [0.15, 0.2) is 70.3 Å². The number of rotatable bonds is 7. The molecule has 8 nitrogen and oxygen atoms in total. The van der Waals surface area contributed by atoms with Crippen molar-refractivity contribution in [3.05, 3.63) is 104 Å². The quantitative estimate of drug-likeness (QED) is 0.572. The zero-order valence-corrected chi connectivity index (χ0v) is 17.7. The highest BCUT2D eigenvalue weighted by molar-refractivity contribution is 5.97. The molecule has 2 N–H and O–H groups in total. The normalized spacial score (nSPS) is 11.6. The fraction of sp³-hybridized carbons (Fsp3) is 0.217. The van der Waals surface area contributed by atoms with Crippen LogP contribution >= 0.6 is 0 Å². The third kappa shape index (κ3) is 5.37. The molecule has 3 rings (SSSR count). The van der Waals surface area contributed by atoms with Crippen molar-refractivity contribution in [3.8, 4) is 0 Å². The largest absolute Gasteiger partial charge is 0.349 e. The van der Waals surface area contributed by atoms with E-state index < -0.39 is 34.9 Å². The number of hydrogen-bond acceptors (Lipinski definition) is 4. The maximum absolute atomic E-state index is 13.5. The number of nitrogens with one attached hydrogen (secondary N) is 2. The summed E-state index contributed by atoms with van der Waals surface area (Å²) >= 11 is 0. The molecule has 3 aromatic rings. The van der Waals surface area contributed by atoms with E-state index in [9.17, 15) is 23.6 Å². The molecule has 0 radical (unpaired) electrons. The van der Waals surface area contributed by atoms with Crippen molar-refractivity contribution in [3.63, 3.8) is 0 Å². The lowest BCUT2D eigenvalue weighted by atomic mass is 10.0. The van der Waals surface area contributed by atoms with Gasteiger partial charge in [-0.2, -0.15) is 0 Å². The van der Waals surface area contributed by atoms with Crippen LogP contribution in [0.4, 0.5) is 4.39 Å². The van der Waals surface area contributed by atoms with Crippen molar-refractivity contribution < 1.29 is 14.0 Å². The van der Waals surface area contributed by atoms with E-state index in [1.165, 1.54) is 42.9 Å². The number of amides is 2. The molecule has 2 amide bonds. The Morgan fingerprint density at radius 2 is 1.69 bits per heavy atom. The van der Waals surface area contributed by atoms with Gasteiger partial charge < -0.3 is 10.6 Å². The van der Waals surface area contributed by atoms with Crippen LogP contribution in [-0.2, 0) is 31.9 Å². The van der Waals surface area contributed by atoms with Gasteiger partial charge in [0, 0.05) is 37.8 Å². The first-order chi connectivity index (χ1) is 15.3. The van der Waals surface area contributed by atoms with E-state index in [0.717, 1.165) is 16.2 Å². The van der Waals surface area contributed by atoms with Crippen LogP contribution in [0.1, 0.15) is 21.6 Å². The molecular weight excluding hydrogens is 415 g/mol. The molecule has 0 bridgehead atoms. The van der Waals surface area contributed by atoms with Gasteiger partial charge in [-0.15, -0.1) is 0 Å². The minimum absolute atomic E-state index is 0.0816. The van der Waals surface area contributed by atoms with Gasteiger partial charge in [0.15, 0.2) is 0 Å². The van der Waals surface area contributed by atoms with Gasteiger partial charge in [-0.1, -0.05) is 36.4 Å². The van der Waals surface area contributed by atoms with Gasteiger partial charge >= 0.3 is 5.69 Å². The number of carbonyl (C=O) groups excluding carboxylic acids is 2. The molecule has 1 unspecified atom stereocenters. The van der Waals surface area contributed by atoms with Crippen LogP contribution < -0.4 is 21.9 Å². The SMILES string of the molecule is Cn1c(CNC(=O)C(Cc2ccccc2)NC(=O)c2cccc(F)c2)cc(=O)n(C)c1=O. The van der Waals surface area contributed by atoms with Crippen molar-refractivity contribution >= 4 is 11.8 Å². The summed E-state index contributed by atoms with van der Waals surface area (Å²) in [6.07, 6.45) is 0.198. The molecule has 166 valence electrons. The average Bonchev–Trinajstić information content (AvgIpc) is 2.79. The molecule has 0 aliphatic carbocycles. The van der Waals surface area contributed by atoms with E-state index in [1.807, 2.05) is 30.3 Å². The first kappa shape index (κ1) is 22.7. The Balaban J connectivity index is 1.79. The van der Waals surface area contributed by atoms with Crippen LogP contribution in [0.25, 0.3) is 0 Å². The summed E-state index contributed by atoms with van der Waals surface area (Å²) in [7, 11) is 2.86. The predicted octanol–water partition coefficient (Wildman–Crippen LogP) is 0.881. The lowest BCUT2D eigenvalue weighted by Gasteiger charge is -2.19. The molecule has 9 heteroatoms. The minimum Gasteiger partial charge on any atom is -0.349 e. The first-order valence-corrected chi connectivity index (χ1v) is 9.90. The summed E-state index contributed by atoms with van der Waals surface area (Å²) in [5, 5.41) is 5.31. The van der Waals surface area contributed by atoms with Gasteiger partial charge in [-0.25, -0.2) is 9.18 Å². The summed E-state index contributed by atoms with van der Waals surface area (Å²) in [6, 6.07) is 14.6. The predicted molar refractivity (Wildman–Crippen MR) is 117 cm³/mol. The molecule has 1 aromatic heterocycles. The standard InChI is InChI=1S/C23H23FN4O4/c1-27-18(13-20(29)28(2)23(27)32)14-25-22(31)19(11-15-7-4-3-5-8-15)26-21(30)16-9-6-10-17(24)12-16/h3-10,12-13,19H,11,14H2,1-2H3,(H,25,31)(H,26,30). The summed E-state index contributed by atoms with van der Waals surface area (Å²) < 4.78 is 15.7. The van der Waals surface area contributed by atoms with Crippen molar-refractivity contribution in [1.82, 2.24) is 19.8 Å². The minimum atomic E-state index is -0.961. The molecular formula is C23H23FN4O4. The number of hydrogen-bond donors (Lipinski definition) is 2. The zero-order chi connectivity index (χ0) is 23.3. The molecule has 1 heterocycles. The molecule has 2 aromatic carbocycles. The van der Waals surface area contributed by atoms with Crippen LogP contribution in [0.2, 0.25) is 0 Å². The molecule has 32 heavy (non-hydrogen) atoms. The molecule has 1 atom stereocenters. The second-order valence-corrected chi connectivity index (χ2v) is 7.32. The van der Waals surface area contributed by atoms with E-state index in [0.29, 0.717) is 5.69 Å². The Bertz CT molecular complexity index is 1250.